The second kappa shape index (κ2) is 25.0. The summed E-state index contributed by atoms with van der Waals surface area (Å²) in [6.07, 6.45) is 4.32. The molecule has 25 heteroatoms. The molecular weight excluding hydrogens is 893 g/mol. The lowest BCUT2D eigenvalue weighted by Crippen LogP contribution is -2.04. The fourth-order valence-corrected chi connectivity index (χ4v) is 7.33. The largest absolute Gasteiger partial charge is 0.466 e. The lowest BCUT2D eigenvalue weighted by Gasteiger charge is -2.02. The Morgan fingerprint density at radius 3 is 1.33 bits per heavy atom. The van der Waals surface area contributed by atoms with Crippen molar-refractivity contribution in [1.29, 1.82) is 0 Å². The molecule has 0 fully saturated rings. The third-order valence-corrected chi connectivity index (χ3v) is 11.3. The van der Waals surface area contributed by atoms with E-state index in [4.69, 9.17) is 0 Å². The van der Waals surface area contributed by atoms with E-state index in [2.05, 4.69) is 14.2 Å². The van der Waals surface area contributed by atoms with E-state index >= 15 is 0 Å². The van der Waals surface area contributed by atoms with Crippen LogP contribution in [-0.4, -0.2) is 94.8 Å². The van der Waals surface area contributed by atoms with Crippen LogP contribution in [0.1, 0.15) is 12.5 Å². The molecule has 0 aliphatic heterocycles. The zero-order chi connectivity index (χ0) is 47.2. The average molecular weight is 931 g/mol. The van der Waals surface area contributed by atoms with Crippen molar-refractivity contribution in [2.24, 2.45) is 0 Å². The number of rotatable bonds is 13. The number of carbonyl (C=O) groups is 4. The number of benzene rings is 3. The van der Waals surface area contributed by atoms with E-state index in [0.29, 0.717) is 28.5 Å². The maximum Gasteiger partial charge on any atom is 0.331 e. The molecule has 0 amide bonds. The predicted molar refractivity (Wildman–Crippen MR) is 217 cm³/mol. The summed E-state index contributed by atoms with van der Waals surface area (Å²) in [5.74, 6) is -2.69. The standard InChI is InChI=1S/C11H11NO6S.C10H9NO6S.C10H10O4S.C5H8O3S/c1-8-3-4-9(12(14)15)10(7-8)19(16,17)6-5-11(13)18-2;1-17-10(12)6-7-18(15,16)9-5-3-2-4-8(9)11(13)14;1-14-10(11)7-8-15(12,13)9-5-3-2-4-6-9;1-5(6)3-4-9(2,7)8/h3-7H,1-2H3;2-7H,1H3;2-8H,1H3;3-4H,1-2H3/b6-5+;7-6+;8-7+;4-3+. The number of carbonyl (C=O) groups excluding carboxylic acids is 4. The van der Waals surface area contributed by atoms with Crippen molar-refractivity contribution < 1.29 is 76.9 Å². The number of esters is 3. The number of aryl methyl sites for hydroxylation is 1. The highest BCUT2D eigenvalue weighted by Crippen LogP contribution is 2.27. The van der Waals surface area contributed by atoms with Crippen molar-refractivity contribution in [3.05, 3.63) is 145 Å². The Kier molecular flexibility index (Phi) is 22.3. The van der Waals surface area contributed by atoms with E-state index in [-0.39, 0.29) is 10.7 Å². The van der Waals surface area contributed by atoms with Gasteiger partial charge in [0, 0.05) is 58.2 Å². The third kappa shape index (κ3) is 21.2. The molecule has 0 aromatic heterocycles. The van der Waals surface area contributed by atoms with Gasteiger partial charge in [-0.2, -0.15) is 0 Å². The number of ether oxygens (including phenoxy) is 3. The number of nitro benzene ring substituents is 2. The highest BCUT2D eigenvalue weighted by atomic mass is 32.2. The molecule has 0 aliphatic rings. The van der Waals surface area contributed by atoms with E-state index in [9.17, 15) is 73.1 Å². The number of hydrogen-bond donors (Lipinski definition) is 0. The molecule has 330 valence electrons. The van der Waals surface area contributed by atoms with Crippen LogP contribution in [0.2, 0.25) is 0 Å². The molecule has 21 nitrogen and oxygen atoms in total. The first-order valence-corrected chi connectivity index (χ1v) is 22.7. The predicted octanol–water partition coefficient (Wildman–Crippen LogP) is 3.70. The fourth-order valence-electron chi connectivity index (χ4n) is 3.54. The number of para-hydroxylation sites is 1. The molecule has 0 saturated carbocycles. The Labute approximate surface area is 350 Å². The summed E-state index contributed by atoms with van der Waals surface area (Å²) in [6, 6.07) is 16.4. The average Bonchev–Trinajstić information content (AvgIpc) is 3.21. The maximum absolute atomic E-state index is 11.9. The molecule has 3 aromatic carbocycles. The van der Waals surface area contributed by atoms with E-state index in [1.165, 1.54) is 50.4 Å². The second-order valence-electron chi connectivity index (χ2n) is 11.1. The molecular formula is C36H38N2O19S4. The summed E-state index contributed by atoms with van der Waals surface area (Å²) in [6.45, 7) is 2.90. The number of ketones is 1. The molecule has 3 rings (SSSR count). The van der Waals surface area contributed by atoms with Crippen LogP contribution >= 0.6 is 0 Å². The molecule has 0 atom stereocenters. The number of hydrogen-bond acceptors (Lipinski definition) is 19. The second-order valence-corrected chi connectivity index (χ2v) is 18.5. The highest BCUT2D eigenvalue weighted by molar-refractivity contribution is 7.95. The molecule has 0 saturated heterocycles. The number of sulfone groups is 4. The van der Waals surface area contributed by atoms with Gasteiger partial charge in [0.05, 0.1) is 36.1 Å². The van der Waals surface area contributed by atoms with E-state index in [1.807, 2.05) is 0 Å². The van der Waals surface area contributed by atoms with Crippen molar-refractivity contribution >= 4 is 74.4 Å². The normalized spacial score (nSPS) is 11.6. The van der Waals surface area contributed by atoms with Gasteiger partial charge in [0.25, 0.3) is 11.4 Å². The Morgan fingerprint density at radius 1 is 0.541 bits per heavy atom. The van der Waals surface area contributed by atoms with Crippen LogP contribution in [0.3, 0.4) is 0 Å². The van der Waals surface area contributed by atoms with Crippen molar-refractivity contribution in [2.75, 3.05) is 27.6 Å². The van der Waals surface area contributed by atoms with E-state index in [1.54, 1.807) is 25.1 Å². The van der Waals surface area contributed by atoms with Gasteiger partial charge in [-0.05, 0) is 49.8 Å². The Morgan fingerprint density at radius 2 is 0.934 bits per heavy atom. The topological polar surface area (TPSA) is 319 Å². The summed E-state index contributed by atoms with van der Waals surface area (Å²) < 4.78 is 104. The molecule has 3 aromatic rings. The Hall–Kier alpha value is -6.70. The smallest absolute Gasteiger partial charge is 0.331 e. The molecule has 0 spiro atoms. The Balaban J connectivity index is 0.000000811. The molecule has 0 aliphatic carbocycles. The minimum Gasteiger partial charge on any atom is -0.466 e. The first-order chi connectivity index (χ1) is 28.1. The van der Waals surface area contributed by atoms with Crippen molar-refractivity contribution in [3.63, 3.8) is 0 Å². The van der Waals surface area contributed by atoms with Crippen molar-refractivity contribution in [3.8, 4) is 0 Å². The summed E-state index contributed by atoms with van der Waals surface area (Å²) in [5, 5.41) is 24.4. The molecule has 0 N–H and O–H groups in total. The van der Waals surface area contributed by atoms with Crippen LogP contribution in [0.15, 0.2) is 133 Å². The zero-order valence-corrected chi connectivity index (χ0v) is 36.1. The zero-order valence-electron chi connectivity index (χ0n) is 32.8. The van der Waals surface area contributed by atoms with Crippen LogP contribution in [0, 0.1) is 27.2 Å². The summed E-state index contributed by atoms with van der Waals surface area (Å²) in [7, 11) is -11.5. The van der Waals surface area contributed by atoms with E-state index in [0.717, 1.165) is 61.6 Å². The van der Waals surface area contributed by atoms with Crippen LogP contribution < -0.4 is 0 Å². The molecule has 61 heavy (non-hydrogen) atoms. The minimum absolute atomic E-state index is 0.144. The highest BCUT2D eigenvalue weighted by Gasteiger charge is 2.25. The third-order valence-electron chi connectivity index (χ3n) is 6.36. The lowest BCUT2D eigenvalue weighted by molar-refractivity contribution is -0.388. The first kappa shape index (κ1) is 54.3. The molecule has 0 heterocycles. The van der Waals surface area contributed by atoms with Gasteiger partial charge in [-0.3, -0.25) is 25.0 Å². The van der Waals surface area contributed by atoms with Crippen LogP contribution in [0.25, 0.3) is 0 Å². The number of nitrogens with zero attached hydrogens (tertiary/aromatic N) is 2. The van der Waals surface area contributed by atoms with Crippen LogP contribution in [0.5, 0.6) is 0 Å². The molecule has 0 bridgehead atoms. The van der Waals surface area contributed by atoms with Crippen molar-refractivity contribution in [2.45, 2.75) is 28.5 Å². The van der Waals surface area contributed by atoms with Gasteiger partial charge in [-0.15, -0.1) is 0 Å². The summed E-state index contributed by atoms with van der Waals surface area (Å²) in [5.41, 5.74) is -0.539. The minimum atomic E-state index is -4.09. The molecule has 0 radical (unpaired) electrons. The SMILES string of the molecule is CC(=O)/C=C/S(C)(=O)=O.COC(=O)/C=C/S(=O)(=O)c1cc(C)ccc1[N+](=O)[O-].COC(=O)/C=C/S(=O)(=O)c1ccccc1.COC(=O)/C=C/S(=O)(=O)c1ccccc1[N+](=O)[O-]. The van der Waals surface area contributed by atoms with Crippen LogP contribution in [-0.2, 0) is 72.7 Å². The van der Waals surface area contributed by atoms with Gasteiger partial charge in [-0.1, -0.05) is 36.4 Å². The van der Waals surface area contributed by atoms with Gasteiger partial charge in [0.1, 0.15) is 9.79 Å². The number of methoxy groups -OCH3 is 3. The fraction of sp³-hybridized carbons (Fsp3) is 0.167. The number of nitro groups is 2. The monoisotopic (exact) mass is 930 g/mol. The summed E-state index contributed by atoms with van der Waals surface area (Å²) >= 11 is 0. The van der Waals surface area contributed by atoms with Gasteiger partial charge in [0.15, 0.2) is 25.5 Å². The first-order valence-electron chi connectivity index (χ1n) is 16.1. The Bertz CT molecular complexity index is 2650. The van der Waals surface area contributed by atoms with Crippen LogP contribution in [0.4, 0.5) is 11.4 Å². The maximum atomic E-state index is 11.9. The summed E-state index contributed by atoms with van der Waals surface area (Å²) in [4.78, 5) is 61.6. The van der Waals surface area contributed by atoms with Gasteiger partial charge in [0.2, 0.25) is 19.7 Å². The quantitative estimate of drug-likeness (QED) is 0.0775. The van der Waals surface area contributed by atoms with Gasteiger partial charge < -0.3 is 14.2 Å². The van der Waals surface area contributed by atoms with Gasteiger partial charge in [-0.25, -0.2) is 48.1 Å². The van der Waals surface area contributed by atoms with Gasteiger partial charge >= 0.3 is 17.9 Å². The van der Waals surface area contributed by atoms with Crippen molar-refractivity contribution in [1.82, 2.24) is 0 Å². The van der Waals surface area contributed by atoms with E-state index < -0.39 is 88.3 Å². The molecule has 0 unspecified atom stereocenters. The number of allylic oxidation sites excluding steroid dienone is 1. The lowest BCUT2D eigenvalue weighted by atomic mass is 10.2.